The Bertz CT molecular complexity index is 21.0. The van der Waals surface area contributed by atoms with Gasteiger partial charge < -0.3 is 18.4 Å². The van der Waals surface area contributed by atoms with Crippen molar-refractivity contribution >= 4 is 0 Å². The van der Waals surface area contributed by atoms with Crippen LogP contribution in [0.4, 0.5) is 0 Å². The first kappa shape index (κ1) is 16.9. The van der Waals surface area contributed by atoms with Crippen LogP contribution >= 0.6 is 0 Å². The molecular weight excluding hydrogens is 149 g/mol. The molecule has 0 aromatic carbocycles. The predicted octanol–water partition coefficient (Wildman–Crippen LogP) is -7.55. The van der Waals surface area contributed by atoms with Gasteiger partial charge in [-0.25, -0.2) is 0 Å². The van der Waals surface area contributed by atoms with Gasteiger partial charge in [0.1, 0.15) is 0 Å². The molecule has 0 aliphatic rings. The Morgan fingerprint density at radius 3 is 1.80 bits per heavy atom. The second kappa shape index (κ2) is 20.8. The van der Waals surface area contributed by atoms with Crippen LogP contribution < -0.4 is 51.9 Å². The summed E-state index contributed by atoms with van der Waals surface area (Å²) >= 11 is 0. The van der Waals surface area contributed by atoms with E-state index in [0.717, 1.165) is 0 Å². The number of hydrogen-bond acceptors (Lipinski definition) is 2. The van der Waals surface area contributed by atoms with Crippen molar-refractivity contribution in [1.82, 2.24) is 0 Å². The summed E-state index contributed by atoms with van der Waals surface area (Å²) in [4.78, 5) is 8.12. The SMILES string of the molecule is O=[NH+][O-].[Br-].[H-].[Na+]. The standard InChI is InChI=1S/BrH.HNO2.Na.H/c;2-1-3;;/h1H;1H;;/q;;+1;-1/p-1. The molecule has 0 radical (unpaired) electrons. The zero-order chi connectivity index (χ0) is 2.71. The van der Waals surface area contributed by atoms with Crippen LogP contribution in [0.15, 0.2) is 0 Å². The number of rotatable bonds is 0. The van der Waals surface area contributed by atoms with Gasteiger partial charge in [-0.15, -0.1) is 0 Å². The van der Waals surface area contributed by atoms with Gasteiger partial charge in [0.25, 0.3) is 0 Å². The molecule has 0 aromatic heterocycles. The Labute approximate surface area is 63.2 Å². The molecule has 0 amide bonds. The molecule has 0 aliphatic heterocycles. The first-order chi connectivity index (χ1) is 1.41. The van der Waals surface area contributed by atoms with E-state index in [4.69, 9.17) is 10.1 Å². The quantitative estimate of drug-likeness (QED) is 0.212. The Morgan fingerprint density at radius 2 is 1.80 bits per heavy atom. The predicted molar refractivity (Wildman–Crippen MR) is 8.81 cm³/mol. The zero-order valence-electron chi connectivity index (χ0n) is 3.69. The minimum absolute atomic E-state index is 0. The minimum Gasteiger partial charge on any atom is -1.00 e. The summed E-state index contributed by atoms with van der Waals surface area (Å²) in [7, 11) is 0. The molecule has 5 heteroatoms. The maximum atomic E-state index is 8.12. The van der Waals surface area contributed by atoms with Crippen LogP contribution in [0.25, 0.3) is 0 Å². The molecule has 0 rings (SSSR count). The van der Waals surface area contributed by atoms with Crippen LogP contribution in [0.3, 0.4) is 0 Å². The fourth-order valence-corrected chi connectivity index (χ4v) is 0. The van der Waals surface area contributed by atoms with E-state index in [9.17, 15) is 0 Å². The van der Waals surface area contributed by atoms with Gasteiger partial charge in [0.15, 0.2) is 0 Å². The van der Waals surface area contributed by atoms with E-state index in [1.54, 1.807) is 0 Å². The van der Waals surface area contributed by atoms with Gasteiger partial charge in [0.05, 0.1) is 0 Å². The van der Waals surface area contributed by atoms with Crippen molar-refractivity contribution in [3.8, 4) is 0 Å². The van der Waals surface area contributed by atoms with E-state index in [0.29, 0.717) is 0 Å². The van der Waals surface area contributed by atoms with Crippen LogP contribution in [0.5, 0.6) is 0 Å². The van der Waals surface area contributed by atoms with Gasteiger partial charge in [-0.2, -0.15) is 0 Å². The summed E-state index contributed by atoms with van der Waals surface area (Å²) in [5.74, 6) is 0. The number of hydrogen-bond donors (Lipinski definition) is 1. The fourth-order valence-electron chi connectivity index (χ4n) is 0. The van der Waals surface area contributed by atoms with Crippen molar-refractivity contribution in [2.75, 3.05) is 0 Å². The van der Waals surface area contributed by atoms with Gasteiger partial charge in [0, 0.05) is 5.34 Å². The van der Waals surface area contributed by atoms with Crippen LogP contribution in [0.2, 0.25) is 0 Å². The number of nitrogens with one attached hydrogen (secondary N) is 1. The molecule has 0 fully saturated rings. The van der Waals surface area contributed by atoms with Crippen LogP contribution in [-0.4, -0.2) is 0 Å². The van der Waals surface area contributed by atoms with E-state index in [1.165, 1.54) is 0 Å². The van der Waals surface area contributed by atoms with Gasteiger partial charge in [-0.3, -0.25) is 10.1 Å². The molecular formula is H2BrNNaO2-. The Kier molecular flexibility index (Phi) is 70.2. The molecule has 0 aliphatic carbocycles. The van der Waals surface area contributed by atoms with Crippen molar-refractivity contribution in [2.24, 2.45) is 0 Å². The smallest absolute Gasteiger partial charge is 1.00 e. The van der Waals surface area contributed by atoms with Gasteiger partial charge in [0.2, 0.25) is 0 Å². The number of halogens is 1. The first-order valence-corrected chi connectivity index (χ1v) is 0.408. The van der Waals surface area contributed by atoms with Crippen molar-refractivity contribution in [1.29, 1.82) is 0 Å². The van der Waals surface area contributed by atoms with E-state index in [1.807, 2.05) is 0 Å². The molecule has 3 nitrogen and oxygen atoms in total. The Morgan fingerprint density at radius 1 is 1.80 bits per heavy atom. The fraction of sp³-hybridized carbons (Fsp3) is 0. The summed E-state index contributed by atoms with van der Waals surface area (Å²) in [5.41, 5.74) is 0. The molecule has 0 atom stereocenters. The molecule has 0 aromatic rings. The van der Waals surface area contributed by atoms with Gasteiger partial charge in [-0.1, -0.05) is 0 Å². The van der Waals surface area contributed by atoms with Crippen molar-refractivity contribution < 1.29 is 53.3 Å². The minimum atomic E-state index is 0. The zero-order valence-corrected chi connectivity index (χ0v) is 6.28. The van der Waals surface area contributed by atoms with E-state index >= 15 is 0 Å². The monoisotopic (exact) mass is 150 g/mol. The summed E-state index contributed by atoms with van der Waals surface area (Å²) < 4.78 is 0. The van der Waals surface area contributed by atoms with Crippen LogP contribution in [-0.2, 0) is 0 Å². The average molecular weight is 151 g/mol. The second-order valence-corrected chi connectivity index (χ2v) is 0.0833. The third-order valence-corrected chi connectivity index (χ3v) is 0. The van der Waals surface area contributed by atoms with Crippen molar-refractivity contribution in [3.05, 3.63) is 10.1 Å². The van der Waals surface area contributed by atoms with E-state index < -0.39 is 0 Å². The molecule has 5 heavy (non-hydrogen) atoms. The van der Waals surface area contributed by atoms with E-state index in [-0.39, 0.29) is 53.3 Å². The Balaban J connectivity index is -0.00000000667. The van der Waals surface area contributed by atoms with Crippen LogP contribution in [0.1, 0.15) is 1.43 Å². The molecule has 0 heterocycles. The van der Waals surface area contributed by atoms with Crippen molar-refractivity contribution in [3.63, 3.8) is 0 Å². The second-order valence-electron chi connectivity index (χ2n) is 0.0833. The van der Waals surface area contributed by atoms with Crippen molar-refractivity contribution in [2.45, 2.75) is 0 Å². The third-order valence-electron chi connectivity index (χ3n) is 0. The molecule has 0 spiro atoms. The summed E-state index contributed by atoms with van der Waals surface area (Å²) in [6, 6.07) is 0. The normalized spacial score (nSPS) is 2.40. The largest absolute Gasteiger partial charge is 1.00 e. The van der Waals surface area contributed by atoms with Crippen LogP contribution in [0, 0.1) is 10.1 Å². The molecule has 28 valence electrons. The maximum Gasteiger partial charge on any atom is 1.00 e. The van der Waals surface area contributed by atoms with E-state index in [2.05, 4.69) is 0 Å². The van der Waals surface area contributed by atoms with Gasteiger partial charge in [-0.05, 0) is 0 Å². The summed E-state index contributed by atoms with van der Waals surface area (Å²) in [6.07, 6.45) is 0. The summed E-state index contributed by atoms with van der Waals surface area (Å²) in [6.45, 7) is 0. The first-order valence-electron chi connectivity index (χ1n) is 0.408. The molecule has 0 saturated carbocycles. The molecule has 0 unspecified atom stereocenters. The maximum absolute atomic E-state index is 8.12. The van der Waals surface area contributed by atoms with Gasteiger partial charge >= 0.3 is 29.6 Å². The average Bonchev–Trinajstić information content (AvgIpc) is 0.918. The molecule has 1 N–H and O–H groups in total. The topological polar surface area (TPSA) is 54.1 Å². The molecule has 0 bridgehead atoms. The third kappa shape index (κ3) is 52.3. The Hall–Kier alpha value is 0.880. The summed E-state index contributed by atoms with van der Waals surface area (Å²) in [5, 5.41) is 8.38. The molecule has 0 saturated heterocycles.